The van der Waals surface area contributed by atoms with E-state index in [4.69, 9.17) is 17.3 Å². The van der Waals surface area contributed by atoms with Crippen LogP contribution in [-0.2, 0) is 22.6 Å². The number of nitrogens with one attached hydrogen (secondary N) is 1. The first-order chi connectivity index (χ1) is 21.8. The number of benzene rings is 2. The number of fused-ring (bicyclic) bond motifs is 1. The molecule has 0 radical (unpaired) electrons. The Bertz CT molecular complexity index is 1370. The Morgan fingerprint density at radius 3 is 2.31 bits per heavy atom. The summed E-state index contributed by atoms with van der Waals surface area (Å²) in [5, 5.41) is 3.49. The van der Waals surface area contributed by atoms with E-state index in [9.17, 15) is 14.4 Å². The van der Waals surface area contributed by atoms with E-state index in [1.165, 1.54) is 32.4 Å². The summed E-state index contributed by atoms with van der Waals surface area (Å²) in [4.78, 5) is 49.1. The highest BCUT2D eigenvalue weighted by Gasteiger charge is 2.36. The zero-order valence-corrected chi connectivity index (χ0v) is 27.2. The first-order valence-corrected chi connectivity index (χ1v) is 17.1. The molecule has 4 heterocycles. The number of amides is 4. The van der Waals surface area contributed by atoms with Gasteiger partial charge < -0.3 is 30.7 Å². The first kappa shape index (κ1) is 31.7. The van der Waals surface area contributed by atoms with Gasteiger partial charge in [0.25, 0.3) is 0 Å². The summed E-state index contributed by atoms with van der Waals surface area (Å²) in [6.07, 6.45) is 7.87. The number of nitrogen functional groups attached to an aromatic ring is 1. The Balaban J connectivity index is 1.09. The number of hydrogen-bond acceptors (Lipinski definition) is 5. The summed E-state index contributed by atoms with van der Waals surface area (Å²) in [6.45, 7) is 7.45. The van der Waals surface area contributed by atoms with Gasteiger partial charge in [-0.25, -0.2) is 4.79 Å². The van der Waals surface area contributed by atoms with E-state index in [1.807, 2.05) is 58.0 Å². The standard InChI is InChI=1S/C35H47ClN6O3/c1-24-19-25(21-30(36)33(24)37)20-27(34(44)41-17-9-28(10-18-41)39-13-5-2-6-14-39)22-32(43)40-15-11-29(12-16-40)42-23-26-7-3-4-8-31(26)38-35(42)45/h3-4,7-8,19,21,27-29H,2,5-6,9-18,20,22-23,37H2,1H3,(H,38,45)/t27-/m0/s1. The minimum absolute atomic E-state index is 0.00158. The van der Waals surface area contributed by atoms with Gasteiger partial charge in [-0.3, -0.25) is 9.59 Å². The Labute approximate surface area is 272 Å². The van der Waals surface area contributed by atoms with E-state index in [-0.39, 0.29) is 30.3 Å². The molecule has 10 heteroatoms. The van der Waals surface area contributed by atoms with Crippen molar-refractivity contribution in [3.8, 4) is 0 Å². The summed E-state index contributed by atoms with van der Waals surface area (Å²) in [6, 6.07) is 12.3. The summed E-state index contributed by atoms with van der Waals surface area (Å²) < 4.78 is 0. The van der Waals surface area contributed by atoms with Crippen LogP contribution in [0.2, 0.25) is 5.02 Å². The molecule has 0 bridgehead atoms. The number of likely N-dealkylation sites (tertiary alicyclic amines) is 3. The predicted octanol–water partition coefficient (Wildman–Crippen LogP) is 5.30. The molecule has 45 heavy (non-hydrogen) atoms. The van der Waals surface area contributed by atoms with Crippen molar-refractivity contribution in [1.29, 1.82) is 0 Å². The van der Waals surface area contributed by atoms with Gasteiger partial charge in [0, 0.05) is 56.9 Å². The highest BCUT2D eigenvalue weighted by Crippen LogP contribution is 2.30. The number of para-hydroxylation sites is 1. The van der Waals surface area contributed by atoms with Crippen LogP contribution in [0.3, 0.4) is 0 Å². The third-order valence-electron chi connectivity index (χ3n) is 10.5. The lowest BCUT2D eigenvalue weighted by Crippen LogP contribution is -2.52. The molecule has 4 aliphatic heterocycles. The average Bonchev–Trinajstić information content (AvgIpc) is 3.06. The molecule has 4 amide bonds. The number of urea groups is 1. The van der Waals surface area contributed by atoms with Gasteiger partial charge in [0.05, 0.1) is 16.6 Å². The molecule has 2 aromatic carbocycles. The van der Waals surface area contributed by atoms with Crippen molar-refractivity contribution in [2.24, 2.45) is 5.92 Å². The highest BCUT2D eigenvalue weighted by molar-refractivity contribution is 6.33. The van der Waals surface area contributed by atoms with Gasteiger partial charge >= 0.3 is 6.03 Å². The number of anilines is 2. The number of nitrogens with two attached hydrogens (primary N) is 1. The Hall–Kier alpha value is -3.30. The summed E-state index contributed by atoms with van der Waals surface area (Å²) in [5.74, 6) is -0.406. The van der Waals surface area contributed by atoms with Crippen LogP contribution < -0.4 is 11.1 Å². The molecule has 1 atom stereocenters. The van der Waals surface area contributed by atoms with Crippen molar-refractivity contribution < 1.29 is 14.4 Å². The predicted molar refractivity (Wildman–Crippen MR) is 178 cm³/mol. The van der Waals surface area contributed by atoms with E-state index < -0.39 is 5.92 Å². The van der Waals surface area contributed by atoms with Crippen LogP contribution in [0.1, 0.15) is 68.1 Å². The normalized spacial score (nSPS) is 20.9. The maximum atomic E-state index is 14.1. The number of piperidine rings is 3. The molecule has 0 aromatic heterocycles. The van der Waals surface area contributed by atoms with Crippen LogP contribution in [-0.4, -0.2) is 88.8 Å². The smallest absolute Gasteiger partial charge is 0.322 e. The minimum atomic E-state index is -0.467. The second-order valence-electron chi connectivity index (χ2n) is 13.4. The van der Waals surface area contributed by atoms with Crippen molar-refractivity contribution >= 4 is 40.8 Å². The lowest BCUT2D eigenvalue weighted by atomic mass is 9.91. The zero-order chi connectivity index (χ0) is 31.5. The van der Waals surface area contributed by atoms with Gasteiger partial charge in [-0.1, -0.05) is 42.3 Å². The van der Waals surface area contributed by atoms with Gasteiger partial charge in [0.2, 0.25) is 11.8 Å². The minimum Gasteiger partial charge on any atom is -0.397 e. The lowest BCUT2D eigenvalue weighted by Gasteiger charge is -2.41. The second-order valence-corrected chi connectivity index (χ2v) is 13.8. The van der Waals surface area contributed by atoms with E-state index in [0.29, 0.717) is 42.8 Å². The molecule has 9 nitrogen and oxygen atoms in total. The molecular formula is C35H47ClN6O3. The van der Waals surface area contributed by atoms with Crippen LogP contribution in [0.15, 0.2) is 36.4 Å². The fraction of sp³-hybridized carbons (Fsp3) is 0.571. The number of aryl methyl sites for hydroxylation is 1. The molecule has 0 saturated carbocycles. The van der Waals surface area contributed by atoms with Crippen molar-refractivity contribution in [3.63, 3.8) is 0 Å². The third-order valence-corrected chi connectivity index (χ3v) is 10.8. The van der Waals surface area contributed by atoms with E-state index >= 15 is 0 Å². The van der Waals surface area contributed by atoms with Crippen molar-refractivity contribution in [1.82, 2.24) is 19.6 Å². The first-order valence-electron chi connectivity index (χ1n) is 16.8. The van der Waals surface area contributed by atoms with Crippen LogP contribution in [0.5, 0.6) is 0 Å². The maximum absolute atomic E-state index is 14.1. The molecule has 0 aliphatic carbocycles. The highest BCUT2D eigenvalue weighted by atomic mass is 35.5. The van der Waals surface area contributed by atoms with Crippen LogP contribution in [0.4, 0.5) is 16.2 Å². The number of carbonyl (C=O) groups is 3. The molecule has 3 fully saturated rings. The van der Waals surface area contributed by atoms with E-state index in [0.717, 1.165) is 61.2 Å². The monoisotopic (exact) mass is 634 g/mol. The van der Waals surface area contributed by atoms with E-state index in [1.54, 1.807) is 0 Å². The number of halogens is 1. The Morgan fingerprint density at radius 1 is 0.933 bits per heavy atom. The molecule has 4 aliphatic rings. The zero-order valence-electron chi connectivity index (χ0n) is 26.5. The molecule has 242 valence electrons. The molecule has 6 rings (SSSR count). The molecule has 2 aromatic rings. The fourth-order valence-electron chi connectivity index (χ4n) is 7.75. The quantitative estimate of drug-likeness (QED) is 0.403. The maximum Gasteiger partial charge on any atom is 0.322 e. The van der Waals surface area contributed by atoms with E-state index in [2.05, 4.69) is 10.2 Å². The van der Waals surface area contributed by atoms with Crippen molar-refractivity contribution in [3.05, 3.63) is 58.1 Å². The number of hydrogen-bond donors (Lipinski definition) is 2. The molecular weight excluding hydrogens is 588 g/mol. The SMILES string of the molecule is Cc1cc(C[C@@H](CC(=O)N2CCC(N3Cc4ccccc4NC3=O)CC2)C(=O)N2CCC(N3CCCCC3)CC2)cc(Cl)c1N. The largest absolute Gasteiger partial charge is 0.397 e. The summed E-state index contributed by atoms with van der Waals surface area (Å²) in [7, 11) is 0. The third kappa shape index (κ3) is 7.25. The Morgan fingerprint density at radius 2 is 1.60 bits per heavy atom. The van der Waals surface area contributed by atoms with Gasteiger partial charge in [0.15, 0.2) is 0 Å². The molecule has 3 saturated heterocycles. The summed E-state index contributed by atoms with van der Waals surface area (Å²) >= 11 is 6.43. The number of carbonyl (C=O) groups excluding carboxylic acids is 3. The Kier molecular flexibility index (Phi) is 9.85. The van der Waals surface area contributed by atoms with Crippen molar-refractivity contribution in [2.75, 3.05) is 50.3 Å². The number of nitrogens with zero attached hydrogens (tertiary/aromatic N) is 4. The van der Waals surface area contributed by atoms with Crippen LogP contribution >= 0.6 is 11.6 Å². The number of rotatable bonds is 7. The molecule has 0 spiro atoms. The van der Waals surface area contributed by atoms with Gasteiger partial charge in [0.1, 0.15) is 0 Å². The van der Waals surface area contributed by atoms with Gasteiger partial charge in [-0.15, -0.1) is 0 Å². The van der Waals surface area contributed by atoms with Crippen LogP contribution in [0.25, 0.3) is 0 Å². The van der Waals surface area contributed by atoms with Gasteiger partial charge in [-0.05, 0) is 93.8 Å². The van der Waals surface area contributed by atoms with Crippen molar-refractivity contribution in [2.45, 2.75) is 83.3 Å². The van der Waals surface area contributed by atoms with Crippen LogP contribution in [0, 0.1) is 12.8 Å². The summed E-state index contributed by atoms with van der Waals surface area (Å²) in [5.41, 5.74) is 10.4. The average molecular weight is 635 g/mol. The topological polar surface area (TPSA) is 102 Å². The lowest BCUT2D eigenvalue weighted by molar-refractivity contribution is -0.143. The van der Waals surface area contributed by atoms with Gasteiger partial charge in [-0.2, -0.15) is 0 Å². The molecule has 3 N–H and O–H groups in total. The molecule has 0 unspecified atom stereocenters. The fourth-order valence-corrected chi connectivity index (χ4v) is 8.04. The second kappa shape index (κ2) is 14.0.